The van der Waals surface area contributed by atoms with Crippen molar-refractivity contribution in [1.82, 2.24) is 4.90 Å². The van der Waals surface area contributed by atoms with Crippen LogP contribution in [-0.2, 0) is 4.79 Å². The molecule has 6 heteroatoms. The maximum absolute atomic E-state index is 12.9. The summed E-state index contributed by atoms with van der Waals surface area (Å²) in [7, 11) is 3.81. The van der Waals surface area contributed by atoms with Gasteiger partial charge in [-0.15, -0.1) is 11.6 Å². The molecule has 1 aliphatic rings. The average molecular weight is 338 g/mol. The fourth-order valence-electron chi connectivity index (χ4n) is 2.68. The van der Waals surface area contributed by atoms with E-state index < -0.39 is 5.38 Å². The van der Waals surface area contributed by atoms with E-state index in [1.54, 1.807) is 19.1 Å². The van der Waals surface area contributed by atoms with Crippen LogP contribution in [0.25, 0.3) is 0 Å². The normalized spacial score (nSPS) is 15.9. The molecular weight excluding hydrogens is 314 g/mol. The number of nitrogens with one attached hydrogen (secondary N) is 1. The zero-order chi connectivity index (χ0) is 17.0. The SMILES string of the molecule is C[C@@H](Cl)C(=O)Nc1ccc(N(C)C)c(C(=O)N2CCCCC2)c1. The molecule has 1 atom stereocenters. The average Bonchev–Trinajstić information content (AvgIpc) is 2.54. The summed E-state index contributed by atoms with van der Waals surface area (Å²) in [6.07, 6.45) is 3.26. The molecule has 0 aliphatic carbocycles. The Morgan fingerprint density at radius 3 is 2.43 bits per heavy atom. The van der Waals surface area contributed by atoms with Crippen LogP contribution in [0.2, 0.25) is 0 Å². The van der Waals surface area contributed by atoms with E-state index in [0.29, 0.717) is 11.3 Å². The molecule has 1 saturated heterocycles. The molecule has 126 valence electrons. The number of likely N-dealkylation sites (tertiary alicyclic amines) is 1. The Bertz CT molecular complexity index is 581. The van der Waals surface area contributed by atoms with Gasteiger partial charge in [0.15, 0.2) is 0 Å². The lowest BCUT2D eigenvalue weighted by atomic mass is 10.1. The highest BCUT2D eigenvalue weighted by Crippen LogP contribution is 2.26. The van der Waals surface area contributed by atoms with E-state index in [1.165, 1.54) is 6.42 Å². The molecule has 1 aromatic carbocycles. The Morgan fingerprint density at radius 2 is 1.87 bits per heavy atom. The third-order valence-corrected chi connectivity index (χ3v) is 4.18. The summed E-state index contributed by atoms with van der Waals surface area (Å²) in [4.78, 5) is 28.4. The molecule has 5 nitrogen and oxygen atoms in total. The number of carbonyl (C=O) groups is 2. The number of piperidine rings is 1. The van der Waals surface area contributed by atoms with Gasteiger partial charge in [-0.05, 0) is 44.4 Å². The van der Waals surface area contributed by atoms with Gasteiger partial charge in [0.1, 0.15) is 5.38 Å². The Hall–Kier alpha value is -1.75. The van der Waals surface area contributed by atoms with Crippen LogP contribution in [0.3, 0.4) is 0 Å². The van der Waals surface area contributed by atoms with E-state index in [-0.39, 0.29) is 11.8 Å². The molecule has 0 spiro atoms. The van der Waals surface area contributed by atoms with Crippen molar-refractivity contribution in [2.45, 2.75) is 31.6 Å². The topological polar surface area (TPSA) is 52.7 Å². The second kappa shape index (κ2) is 7.68. The first-order chi connectivity index (χ1) is 10.9. The van der Waals surface area contributed by atoms with Gasteiger partial charge in [0.2, 0.25) is 5.91 Å². The largest absolute Gasteiger partial charge is 0.377 e. The van der Waals surface area contributed by atoms with Crippen LogP contribution in [0.5, 0.6) is 0 Å². The number of hydrogen-bond donors (Lipinski definition) is 1. The summed E-state index contributed by atoms with van der Waals surface area (Å²) in [6, 6.07) is 5.38. The van der Waals surface area contributed by atoms with Crippen LogP contribution in [-0.4, -0.2) is 49.3 Å². The number of benzene rings is 1. The van der Waals surface area contributed by atoms with Gasteiger partial charge >= 0.3 is 0 Å². The van der Waals surface area contributed by atoms with E-state index in [2.05, 4.69) is 5.32 Å². The second-order valence-electron chi connectivity index (χ2n) is 6.08. The monoisotopic (exact) mass is 337 g/mol. The number of alkyl halides is 1. The van der Waals surface area contributed by atoms with Crippen LogP contribution in [0.15, 0.2) is 18.2 Å². The standard InChI is InChI=1S/C17H24ClN3O2/c1-12(18)16(22)19-13-7-8-15(20(2)3)14(11-13)17(23)21-9-5-4-6-10-21/h7-8,11-12H,4-6,9-10H2,1-3H3,(H,19,22)/t12-/m1/s1. The highest BCUT2D eigenvalue weighted by molar-refractivity contribution is 6.32. The summed E-state index contributed by atoms with van der Waals surface area (Å²) in [6.45, 7) is 3.20. The van der Waals surface area contributed by atoms with Crippen LogP contribution in [0.4, 0.5) is 11.4 Å². The fourth-order valence-corrected chi connectivity index (χ4v) is 2.74. The molecule has 1 N–H and O–H groups in total. The molecule has 0 bridgehead atoms. The van der Waals surface area contributed by atoms with Crippen molar-refractivity contribution in [3.63, 3.8) is 0 Å². The number of nitrogens with zero attached hydrogens (tertiary/aromatic N) is 2. The maximum atomic E-state index is 12.9. The van der Waals surface area contributed by atoms with Crippen molar-refractivity contribution >= 4 is 34.8 Å². The molecule has 0 saturated carbocycles. The van der Waals surface area contributed by atoms with Gasteiger partial charge < -0.3 is 15.1 Å². The molecule has 1 aromatic rings. The summed E-state index contributed by atoms with van der Waals surface area (Å²) < 4.78 is 0. The minimum absolute atomic E-state index is 0.0171. The van der Waals surface area contributed by atoms with Gasteiger partial charge in [-0.3, -0.25) is 9.59 Å². The number of halogens is 1. The van der Waals surface area contributed by atoms with Crippen LogP contribution in [0, 0.1) is 0 Å². The van der Waals surface area contributed by atoms with Gasteiger partial charge in [0.25, 0.3) is 5.91 Å². The molecule has 0 aromatic heterocycles. The van der Waals surface area contributed by atoms with Gasteiger partial charge in [-0.25, -0.2) is 0 Å². The van der Waals surface area contributed by atoms with Gasteiger partial charge in [-0.2, -0.15) is 0 Å². The minimum atomic E-state index is -0.621. The zero-order valence-corrected chi connectivity index (χ0v) is 14.7. The van der Waals surface area contributed by atoms with Gasteiger partial charge in [0, 0.05) is 38.6 Å². The second-order valence-corrected chi connectivity index (χ2v) is 6.74. The first-order valence-electron chi connectivity index (χ1n) is 7.95. The smallest absolute Gasteiger partial charge is 0.256 e. The third kappa shape index (κ3) is 4.38. The van der Waals surface area contributed by atoms with E-state index in [0.717, 1.165) is 31.6 Å². The maximum Gasteiger partial charge on any atom is 0.256 e. The van der Waals surface area contributed by atoms with Crippen molar-refractivity contribution in [1.29, 1.82) is 0 Å². The molecule has 1 fully saturated rings. The zero-order valence-electron chi connectivity index (χ0n) is 13.9. The molecule has 0 radical (unpaired) electrons. The van der Waals surface area contributed by atoms with E-state index >= 15 is 0 Å². The molecule has 2 amide bonds. The van der Waals surface area contributed by atoms with Crippen LogP contribution < -0.4 is 10.2 Å². The summed E-state index contributed by atoms with van der Waals surface area (Å²) >= 11 is 5.79. The number of hydrogen-bond acceptors (Lipinski definition) is 3. The van der Waals surface area contributed by atoms with Crippen molar-refractivity contribution in [2.24, 2.45) is 0 Å². The molecule has 23 heavy (non-hydrogen) atoms. The van der Waals surface area contributed by atoms with E-state index in [9.17, 15) is 9.59 Å². The van der Waals surface area contributed by atoms with Crippen molar-refractivity contribution in [2.75, 3.05) is 37.4 Å². The first kappa shape index (κ1) is 17.6. The Morgan fingerprint density at radius 1 is 1.22 bits per heavy atom. The molecule has 1 heterocycles. The van der Waals surface area contributed by atoms with Crippen molar-refractivity contribution in [3.8, 4) is 0 Å². The number of carbonyl (C=O) groups excluding carboxylic acids is 2. The number of rotatable bonds is 4. The van der Waals surface area contributed by atoms with E-state index in [1.807, 2.05) is 30.0 Å². The molecule has 0 unspecified atom stereocenters. The van der Waals surface area contributed by atoms with Gasteiger partial charge in [-0.1, -0.05) is 0 Å². The highest BCUT2D eigenvalue weighted by Gasteiger charge is 2.22. The summed E-state index contributed by atoms with van der Waals surface area (Å²) in [5.74, 6) is -0.260. The molecule has 2 rings (SSSR count). The van der Waals surface area contributed by atoms with Crippen molar-refractivity contribution in [3.05, 3.63) is 23.8 Å². The Kier molecular flexibility index (Phi) is 5.88. The Labute approximate surface area is 142 Å². The van der Waals surface area contributed by atoms with E-state index in [4.69, 9.17) is 11.6 Å². The lowest BCUT2D eigenvalue weighted by molar-refractivity contribution is -0.115. The number of amides is 2. The minimum Gasteiger partial charge on any atom is -0.377 e. The summed E-state index contributed by atoms with van der Waals surface area (Å²) in [5.41, 5.74) is 2.04. The predicted molar refractivity (Wildman–Crippen MR) is 94.5 cm³/mol. The first-order valence-corrected chi connectivity index (χ1v) is 8.39. The lowest BCUT2D eigenvalue weighted by Gasteiger charge is -2.28. The molecular formula is C17H24ClN3O2. The Balaban J connectivity index is 2.30. The van der Waals surface area contributed by atoms with Crippen LogP contribution >= 0.6 is 11.6 Å². The van der Waals surface area contributed by atoms with Gasteiger partial charge in [0.05, 0.1) is 5.56 Å². The van der Waals surface area contributed by atoms with Crippen LogP contribution in [0.1, 0.15) is 36.5 Å². The predicted octanol–water partition coefficient (Wildman–Crippen LogP) is 2.94. The third-order valence-electron chi connectivity index (χ3n) is 3.98. The fraction of sp³-hybridized carbons (Fsp3) is 0.529. The number of anilines is 2. The summed E-state index contributed by atoms with van der Waals surface area (Å²) in [5, 5.41) is 2.12. The lowest BCUT2D eigenvalue weighted by Crippen LogP contribution is -2.36. The highest BCUT2D eigenvalue weighted by atomic mass is 35.5. The van der Waals surface area contributed by atoms with Crippen molar-refractivity contribution < 1.29 is 9.59 Å². The quantitative estimate of drug-likeness (QED) is 0.859. The molecule has 1 aliphatic heterocycles.